The summed E-state index contributed by atoms with van der Waals surface area (Å²) in [5.41, 5.74) is 1.77. The van der Waals surface area contributed by atoms with E-state index in [1.807, 2.05) is 25.1 Å². The second-order valence-electron chi connectivity index (χ2n) is 5.45. The zero-order valence-electron chi connectivity index (χ0n) is 12.5. The Morgan fingerprint density at radius 1 is 1.38 bits per heavy atom. The fourth-order valence-corrected chi connectivity index (χ4v) is 3.06. The topological polar surface area (TPSA) is 50.4 Å². The molecule has 1 heterocycles. The number of halogens is 1. The Bertz CT molecular complexity index is 453. The van der Waals surface area contributed by atoms with Crippen LogP contribution in [0.3, 0.4) is 0 Å². The van der Waals surface area contributed by atoms with Gasteiger partial charge in [0.1, 0.15) is 0 Å². The highest BCUT2D eigenvalue weighted by Crippen LogP contribution is 2.15. The number of piperidine rings is 1. The molecule has 0 aromatic heterocycles. The van der Waals surface area contributed by atoms with Gasteiger partial charge in [-0.05, 0) is 63.0 Å². The van der Waals surface area contributed by atoms with Crippen molar-refractivity contribution in [1.29, 1.82) is 0 Å². The van der Waals surface area contributed by atoms with Crippen LogP contribution in [-0.2, 0) is 4.74 Å². The van der Waals surface area contributed by atoms with Gasteiger partial charge in [0, 0.05) is 23.2 Å². The first-order valence-corrected chi connectivity index (χ1v) is 8.32. The molecular formula is C16H23BrN2O2. The van der Waals surface area contributed by atoms with Gasteiger partial charge >= 0.3 is 0 Å². The number of aryl methyl sites for hydroxylation is 1. The molecule has 1 aliphatic heterocycles. The number of benzene rings is 1. The van der Waals surface area contributed by atoms with E-state index in [4.69, 9.17) is 4.74 Å². The summed E-state index contributed by atoms with van der Waals surface area (Å²) in [4.78, 5) is 12.0. The Morgan fingerprint density at radius 2 is 2.14 bits per heavy atom. The maximum atomic E-state index is 12.0. The predicted molar refractivity (Wildman–Crippen MR) is 87.7 cm³/mol. The summed E-state index contributed by atoms with van der Waals surface area (Å²) >= 11 is 3.41. The Balaban J connectivity index is 1.64. The SMILES string of the molecule is Cc1cc(Br)cc(C(=O)NCCCOC2CCNCC2)c1. The number of rotatable bonds is 6. The molecule has 21 heavy (non-hydrogen) atoms. The van der Waals surface area contributed by atoms with Crippen LogP contribution in [0.2, 0.25) is 0 Å². The quantitative estimate of drug-likeness (QED) is 0.772. The summed E-state index contributed by atoms with van der Waals surface area (Å²) in [5.74, 6) is -0.0266. The zero-order chi connectivity index (χ0) is 15.1. The summed E-state index contributed by atoms with van der Waals surface area (Å²) < 4.78 is 6.74. The zero-order valence-corrected chi connectivity index (χ0v) is 14.0. The van der Waals surface area contributed by atoms with Gasteiger partial charge in [-0.3, -0.25) is 4.79 Å². The summed E-state index contributed by atoms with van der Waals surface area (Å²) in [5, 5.41) is 6.26. The fourth-order valence-electron chi connectivity index (χ4n) is 2.46. The lowest BCUT2D eigenvalue weighted by Gasteiger charge is -2.22. The van der Waals surface area contributed by atoms with Gasteiger partial charge < -0.3 is 15.4 Å². The smallest absolute Gasteiger partial charge is 0.251 e. The van der Waals surface area contributed by atoms with E-state index in [9.17, 15) is 4.79 Å². The lowest BCUT2D eigenvalue weighted by Crippen LogP contribution is -2.33. The van der Waals surface area contributed by atoms with Gasteiger partial charge in [0.15, 0.2) is 0 Å². The van der Waals surface area contributed by atoms with Gasteiger partial charge in [0.2, 0.25) is 0 Å². The maximum absolute atomic E-state index is 12.0. The van der Waals surface area contributed by atoms with E-state index < -0.39 is 0 Å². The Kier molecular flexibility index (Phi) is 6.67. The van der Waals surface area contributed by atoms with E-state index in [1.165, 1.54) is 0 Å². The van der Waals surface area contributed by atoms with E-state index in [0.29, 0.717) is 24.8 Å². The minimum atomic E-state index is -0.0266. The third-order valence-corrected chi connectivity index (χ3v) is 4.01. The van der Waals surface area contributed by atoms with Crippen molar-refractivity contribution in [2.45, 2.75) is 32.3 Å². The van der Waals surface area contributed by atoms with Crippen LogP contribution in [0, 0.1) is 6.92 Å². The van der Waals surface area contributed by atoms with Gasteiger partial charge in [-0.2, -0.15) is 0 Å². The van der Waals surface area contributed by atoms with Crippen LogP contribution in [0.1, 0.15) is 35.2 Å². The standard InChI is InChI=1S/C16H23BrN2O2/c1-12-9-13(11-14(17)10-12)16(20)19-5-2-8-21-15-3-6-18-7-4-15/h9-11,15,18H,2-8H2,1H3,(H,19,20). The monoisotopic (exact) mass is 354 g/mol. The highest BCUT2D eigenvalue weighted by atomic mass is 79.9. The molecule has 1 saturated heterocycles. The molecule has 0 aliphatic carbocycles. The lowest BCUT2D eigenvalue weighted by atomic mass is 10.1. The molecule has 1 aromatic carbocycles. The average molecular weight is 355 g/mol. The summed E-state index contributed by atoms with van der Waals surface area (Å²) in [6.45, 7) is 5.43. The lowest BCUT2D eigenvalue weighted by molar-refractivity contribution is 0.0318. The van der Waals surface area contributed by atoms with Crippen LogP contribution in [-0.4, -0.2) is 38.3 Å². The third kappa shape index (κ3) is 5.77. The Hall–Kier alpha value is -0.910. The highest BCUT2D eigenvalue weighted by molar-refractivity contribution is 9.10. The number of hydrogen-bond donors (Lipinski definition) is 2. The average Bonchev–Trinajstić information content (AvgIpc) is 2.47. The second-order valence-corrected chi connectivity index (χ2v) is 6.36. The van der Waals surface area contributed by atoms with E-state index >= 15 is 0 Å². The molecule has 0 unspecified atom stereocenters. The van der Waals surface area contributed by atoms with Crippen molar-refractivity contribution in [3.8, 4) is 0 Å². The molecule has 2 rings (SSSR count). The van der Waals surface area contributed by atoms with Crippen molar-refractivity contribution in [2.24, 2.45) is 0 Å². The Morgan fingerprint density at radius 3 is 2.86 bits per heavy atom. The van der Waals surface area contributed by atoms with Crippen LogP contribution < -0.4 is 10.6 Å². The van der Waals surface area contributed by atoms with Crippen LogP contribution in [0.25, 0.3) is 0 Å². The Labute approximate surface area is 134 Å². The van der Waals surface area contributed by atoms with Crippen molar-refractivity contribution >= 4 is 21.8 Å². The van der Waals surface area contributed by atoms with Gasteiger partial charge in [-0.15, -0.1) is 0 Å². The number of hydrogen-bond acceptors (Lipinski definition) is 3. The van der Waals surface area contributed by atoms with Gasteiger partial charge in [-0.25, -0.2) is 0 Å². The summed E-state index contributed by atoms with van der Waals surface area (Å²) in [6, 6.07) is 5.73. The van der Waals surface area contributed by atoms with Crippen LogP contribution >= 0.6 is 15.9 Å². The predicted octanol–water partition coefficient (Wildman–Crippen LogP) is 2.65. The van der Waals surface area contributed by atoms with Crippen molar-refractivity contribution in [3.63, 3.8) is 0 Å². The molecule has 4 nitrogen and oxygen atoms in total. The number of ether oxygens (including phenoxy) is 1. The number of nitrogens with one attached hydrogen (secondary N) is 2. The minimum Gasteiger partial charge on any atom is -0.378 e. The van der Waals surface area contributed by atoms with Gasteiger partial charge in [0.05, 0.1) is 6.10 Å². The molecule has 1 fully saturated rings. The van der Waals surface area contributed by atoms with Crippen molar-refractivity contribution in [1.82, 2.24) is 10.6 Å². The van der Waals surface area contributed by atoms with Crippen molar-refractivity contribution < 1.29 is 9.53 Å². The van der Waals surface area contributed by atoms with Crippen LogP contribution in [0.15, 0.2) is 22.7 Å². The molecule has 1 aromatic rings. The highest BCUT2D eigenvalue weighted by Gasteiger charge is 2.12. The molecule has 116 valence electrons. The maximum Gasteiger partial charge on any atom is 0.251 e. The number of carbonyl (C=O) groups is 1. The van der Waals surface area contributed by atoms with Crippen LogP contribution in [0.5, 0.6) is 0 Å². The van der Waals surface area contributed by atoms with Gasteiger partial charge in [-0.1, -0.05) is 15.9 Å². The van der Waals surface area contributed by atoms with Crippen LogP contribution in [0.4, 0.5) is 0 Å². The molecular weight excluding hydrogens is 332 g/mol. The van der Waals surface area contributed by atoms with Crippen molar-refractivity contribution in [2.75, 3.05) is 26.2 Å². The van der Waals surface area contributed by atoms with E-state index in [2.05, 4.69) is 26.6 Å². The number of amides is 1. The molecule has 1 amide bonds. The summed E-state index contributed by atoms with van der Waals surface area (Å²) in [6.07, 6.45) is 3.41. The molecule has 2 N–H and O–H groups in total. The normalized spacial score (nSPS) is 15.9. The molecule has 1 aliphatic rings. The molecule has 0 saturated carbocycles. The molecule has 0 atom stereocenters. The summed E-state index contributed by atoms with van der Waals surface area (Å²) in [7, 11) is 0. The first-order valence-electron chi connectivity index (χ1n) is 7.53. The number of carbonyl (C=O) groups excluding carboxylic acids is 1. The van der Waals surface area contributed by atoms with E-state index in [-0.39, 0.29) is 5.91 Å². The second kappa shape index (κ2) is 8.51. The van der Waals surface area contributed by atoms with E-state index in [0.717, 1.165) is 42.4 Å². The molecule has 0 bridgehead atoms. The first-order chi connectivity index (χ1) is 10.1. The molecule has 0 radical (unpaired) electrons. The first kappa shape index (κ1) is 16.5. The largest absolute Gasteiger partial charge is 0.378 e. The fraction of sp³-hybridized carbons (Fsp3) is 0.562. The van der Waals surface area contributed by atoms with Crippen molar-refractivity contribution in [3.05, 3.63) is 33.8 Å². The van der Waals surface area contributed by atoms with Gasteiger partial charge in [0.25, 0.3) is 5.91 Å². The minimum absolute atomic E-state index is 0.0266. The van der Waals surface area contributed by atoms with E-state index in [1.54, 1.807) is 0 Å². The third-order valence-electron chi connectivity index (χ3n) is 3.55. The molecule has 5 heteroatoms. The molecule has 0 spiro atoms.